The van der Waals surface area contributed by atoms with E-state index in [1.54, 1.807) is 11.0 Å². The van der Waals surface area contributed by atoms with Crippen LogP contribution in [0, 0.1) is 28.6 Å². The van der Waals surface area contributed by atoms with Crippen molar-refractivity contribution in [3.63, 3.8) is 0 Å². The molecule has 206 valence electrons. The van der Waals surface area contributed by atoms with Gasteiger partial charge in [0.15, 0.2) is 6.54 Å². The standard InChI is InChI=1S/C29H44N2O6/c1-26-6-3-23-24(29(26,35)9-5-22(26)20-16-25(33)37-18-20)4-8-28(34)17-21(32)2-7-27(23,28)19-30-10-11-31-12-14-36-15-13-31/h16,19,21-24,32,34-35H,2-15,17-18H2,1H3/p+2/t21-,22-,23+,24-,26+,27+,28+,29-/m1/s1. The van der Waals surface area contributed by atoms with Gasteiger partial charge in [0.1, 0.15) is 32.5 Å². The first kappa shape index (κ1) is 25.9. The Hall–Kier alpha value is -1.32. The van der Waals surface area contributed by atoms with Crippen LogP contribution in [0.3, 0.4) is 0 Å². The van der Waals surface area contributed by atoms with Crippen LogP contribution in [0.1, 0.15) is 64.7 Å². The number of aliphatic hydroxyl groups excluding tert-OH is 1. The van der Waals surface area contributed by atoms with Crippen LogP contribution < -0.4 is 9.89 Å². The normalized spacial score (nSPS) is 48.3. The number of aliphatic hydroxyl groups is 3. The van der Waals surface area contributed by atoms with Crippen molar-refractivity contribution in [2.45, 2.75) is 82.0 Å². The van der Waals surface area contributed by atoms with Gasteiger partial charge in [0.2, 0.25) is 0 Å². The molecular weight excluding hydrogens is 472 g/mol. The predicted octanol–water partition coefficient (Wildman–Crippen LogP) is -1.23. The van der Waals surface area contributed by atoms with E-state index in [1.807, 2.05) is 0 Å². The number of cyclic esters (lactones) is 1. The second kappa shape index (κ2) is 9.40. The highest BCUT2D eigenvalue weighted by molar-refractivity contribution is 5.85. The van der Waals surface area contributed by atoms with Gasteiger partial charge in [-0.1, -0.05) is 6.92 Å². The van der Waals surface area contributed by atoms with Crippen molar-refractivity contribution < 1.29 is 39.5 Å². The molecule has 5 N–H and O–H groups in total. The van der Waals surface area contributed by atoms with Gasteiger partial charge in [-0.2, -0.15) is 0 Å². The summed E-state index contributed by atoms with van der Waals surface area (Å²) in [6.45, 7) is 8.16. The van der Waals surface area contributed by atoms with Crippen LogP contribution in [0.4, 0.5) is 0 Å². The van der Waals surface area contributed by atoms with E-state index in [2.05, 4.69) is 18.1 Å². The summed E-state index contributed by atoms with van der Waals surface area (Å²) in [5.41, 5.74) is -1.50. The molecular formula is C29H46N2O6+2. The van der Waals surface area contributed by atoms with Crippen LogP contribution in [0.25, 0.3) is 0 Å². The molecule has 2 heterocycles. The summed E-state index contributed by atoms with van der Waals surface area (Å²) < 4.78 is 10.8. The molecule has 8 heteroatoms. The van der Waals surface area contributed by atoms with Crippen LogP contribution in [0.5, 0.6) is 0 Å². The van der Waals surface area contributed by atoms with E-state index < -0.39 is 22.7 Å². The average molecular weight is 519 g/mol. The number of hydrogen-bond acceptors (Lipinski definition) is 6. The minimum atomic E-state index is -0.957. The number of carbonyl (C=O) groups excluding carboxylic acids is 1. The summed E-state index contributed by atoms with van der Waals surface area (Å²) in [6.07, 6.45) is 10.0. The van der Waals surface area contributed by atoms with Crippen molar-refractivity contribution in [3.8, 4) is 0 Å². The van der Waals surface area contributed by atoms with Crippen molar-refractivity contribution >= 4 is 12.2 Å². The summed E-state index contributed by atoms with van der Waals surface area (Å²) in [6, 6.07) is 0. The molecule has 4 saturated carbocycles. The summed E-state index contributed by atoms with van der Waals surface area (Å²) in [4.78, 5) is 17.0. The van der Waals surface area contributed by atoms with Crippen molar-refractivity contribution in [1.82, 2.24) is 0 Å². The van der Waals surface area contributed by atoms with Gasteiger partial charge < -0.3 is 29.7 Å². The SMILES string of the molecule is C[C@@]12CC[C@H]3[C@@H](CC[C@]4(O)C[C@H](O)CC[C@]34C=[NH+]CC[NH+]3CCOCC3)[C@]1(O)CC[C@@H]2C1=CC(=O)OC1. The molecule has 0 spiro atoms. The highest BCUT2D eigenvalue weighted by Crippen LogP contribution is 2.70. The second-order valence-corrected chi connectivity index (χ2v) is 13.2. The Morgan fingerprint density at radius 1 is 1.08 bits per heavy atom. The van der Waals surface area contributed by atoms with Crippen molar-refractivity contribution in [2.75, 3.05) is 46.0 Å². The first-order valence-corrected chi connectivity index (χ1v) is 14.7. The van der Waals surface area contributed by atoms with Crippen LogP contribution in [0.2, 0.25) is 0 Å². The molecule has 6 rings (SSSR count). The van der Waals surface area contributed by atoms with E-state index in [1.165, 1.54) is 0 Å². The molecule has 8 nitrogen and oxygen atoms in total. The maximum atomic E-state index is 12.5. The molecule has 0 aromatic rings. The largest absolute Gasteiger partial charge is 0.458 e. The topological polar surface area (TPSA) is 115 Å². The summed E-state index contributed by atoms with van der Waals surface area (Å²) in [5, 5.41) is 35.2. The van der Waals surface area contributed by atoms with Gasteiger partial charge in [0.25, 0.3) is 0 Å². The summed E-state index contributed by atoms with van der Waals surface area (Å²) >= 11 is 0. The molecule has 1 saturated heterocycles. The Morgan fingerprint density at radius 3 is 2.62 bits per heavy atom. The van der Waals surface area contributed by atoms with E-state index in [4.69, 9.17) is 9.47 Å². The smallest absolute Gasteiger partial charge is 0.331 e. The number of quaternary nitrogens is 1. The lowest BCUT2D eigenvalue weighted by atomic mass is 9.41. The zero-order chi connectivity index (χ0) is 25.9. The molecule has 0 aromatic carbocycles. The number of fused-ring (bicyclic) bond motifs is 5. The third-order valence-corrected chi connectivity index (χ3v) is 11.8. The maximum Gasteiger partial charge on any atom is 0.331 e. The lowest BCUT2D eigenvalue weighted by Crippen LogP contribution is -3.15. The second-order valence-electron chi connectivity index (χ2n) is 13.2. The van der Waals surface area contributed by atoms with E-state index in [0.29, 0.717) is 25.9 Å². The monoisotopic (exact) mass is 518 g/mol. The third kappa shape index (κ3) is 3.96. The highest BCUT2D eigenvalue weighted by Gasteiger charge is 2.71. The van der Waals surface area contributed by atoms with Gasteiger partial charge in [0.05, 0.1) is 35.9 Å². The number of ether oxygens (including phenoxy) is 2. The van der Waals surface area contributed by atoms with E-state index >= 15 is 0 Å². The highest BCUT2D eigenvalue weighted by atomic mass is 16.5. The first-order chi connectivity index (χ1) is 17.7. The minimum Gasteiger partial charge on any atom is -0.458 e. The van der Waals surface area contributed by atoms with Crippen LogP contribution in [-0.2, 0) is 14.3 Å². The van der Waals surface area contributed by atoms with Gasteiger partial charge >= 0.3 is 5.97 Å². The van der Waals surface area contributed by atoms with Crippen LogP contribution in [0.15, 0.2) is 11.6 Å². The molecule has 0 radical (unpaired) electrons. The Bertz CT molecular complexity index is 964. The Morgan fingerprint density at radius 2 is 1.86 bits per heavy atom. The number of hydrogen-bond donors (Lipinski definition) is 5. The first-order valence-electron chi connectivity index (χ1n) is 14.7. The molecule has 37 heavy (non-hydrogen) atoms. The molecule has 0 amide bonds. The zero-order valence-corrected chi connectivity index (χ0v) is 22.3. The lowest BCUT2D eigenvalue weighted by molar-refractivity contribution is -0.914. The number of morpholine rings is 1. The molecule has 0 aromatic heterocycles. The van der Waals surface area contributed by atoms with Gasteiger partial charge in [-0.3, -0.25) is 0 Å². The quantitative estimate of drug-likeness (QED) is 0.230. The summed E-state index contributed by atoms with van der Waals surface area (Å²) in [7, 11) is 0. The van der Waals surface area contributed by atoms with Crippen molar-refractivity contribution in [1.29, 1.82) is 0 Å². The van der Waals surface area contributed by atoms with Gasteiger partial charge in [0, 0.05) is 17.9 Å². The number of esters is 1. The van der Waals surface area contributed by atoms with Gasteiger partial charge in [-0.05, 0) is 74.7 Å². The fraction of sp³-hybridized carbons (Fsp3) is 0.862. The Balaban J connectivity index is 1.28. The Labute approximate surface area is 220 Å². The molecule has 0 unspecified atom stereocenters. The van der Waals surface area contributed by atoms with E-state index in [-0.39, 0.29) is 29.1 Å². The van der Waals surface area contributed by atoms with E-state index in [0.717, 1.165) is 83.5 Å². The molecule has 2 aliphatic heterocycles. The van der Waals surface area contributed by atoms with Crippen molar-refractivity contribution in [2.24, 2.45) is 28.6 Å². The number of nitrogens with one attached hydrogen (secondary N) is 2. The van der Waals surface area contributed by atoms with Gasteiger partial charge in [-0.25, -0.2) is 9.79 Å². The molecule has 8 atom stereocenters. The molecule has 0 bridgehead atoms. The Kier molecular flexibility index (Phi) is 6.59. The molecule has 4 aliphatic carbocycles. The maximum absolute atomic E-state index is 12.5. The third-order valence-electron chi connectivity index (χ3n) is 11.8. The fourth-order valence-electron chi connectivity index (χ4n) is 9.81. The average Bonchev–Trinajstić information content (AvgIpc) is 3.42. The van der Waals surface area contributed by atoms with Crippen LogP contribution in [-0.4, -0.2) is 90.8 Å². The summed E-state index contributed by atoms with van der Waals surface area (Å²) in [5.74, 6) is 0.153. The zero-order valence-electron chi connectivity index (χ0n) is 22.3. The van der Waals surface area contributed by atoms with Gasteiger partial charge in [-0.15, -0.1) is 0 Å². The van der Waals surface area contributed by atoms with Crippen LogP contribution >= 0.6 is 0 Å². The van der Waals surface area contributed by atoms with Crippen molar-refractivity contribution in [3.05, 3.63) is 11.6 Å². The van der Waals surface area contributed by atoms with E-state index in [9.17, 15) is 20.1 Å². The fourth-order valence-corrected chi connectivity index (χ4v) is 9.81. The molecule has 5 fully saturated rings. The molecule has 6 aliphatic rings. The number of carbonyl (C=O) groups is 1. The lowest BCUT2D eigenvalue weighted by Gasteiger charge is -2.64. The number of rotatable bonds is 5. The minimum absolute atomic E-state index is 0.0910. The predicted molar refractivity (Wildman–Crippen MR) is 136 cm³/mol.